The summed E-state index contributed by atoms with van der Waals surface area (Å²) in [4.78, 5) is 27.0. The lowest BCUT2D eigenvalue weighted by atomic mass is 10.0. The Hall–Kier alpha value is -2.77. The van der Waals surface area contributed by atoms with E-state index in [0.717, 1.165) is 26.1 Å². The summed E-state index contributed by atoms with van der Waals surface area (Å²) >= 11 is 0. The van der Waals surface area contributed by atoms with Crippen molar-refractivity contribution in [1.29, 1.82) is 0 Å². The Kier molecular flexibility index (Phi) is 6.38. The summed E-state index contributed by atoms with van der Waals surface area (Å²) < 4.78 is 0. The van der Waals surface area contributed by atoms with Crippen molar-refractivity contribution >= 4 is 17.3 Å². The number of anilines is 1. The molecule has 1 aliphatic heterocycles. The van der Waals surface area contributed by atoms with Gasteiger partial charge in [-0.05, 0) is 29.7 Å². The largest absolute Gasteiger partial charge is 0.314 e. The lowest BCUT2D eigenvalue weighted by Crippen LogP contribution is -2.49. The van der Waals surface area contributed by atoms with Crippen LogP contribution >= 0.6 is 0 Å². The normalized spacial score (nSPS) is 17.3. The van der Waals surface area contributed by atoms with Crippen molar-refractivity contribution < 1.29 is 9.72 Å². The molecular weight excluding hydrogens is 356 g/mol. The summed E-state index contributed by atoms with van der Waals surface area (Å²) in [5.41, 5.74) is 3.17. The highest BCUT2D eigenvalue weighted by molar-refractivity contribution is 5.94. The van der Waals surface area contributed by atoms with Gasteiger partial charge < -0.3 is 10.2 Å². The maximum Gasteiger partial charge on any atom is 0.269 e. The van der Waals surface area contributed by atoms with Crippen molar-refractivity contribution in [3.63, 3.8) is 0 Å². The van der Waals surface area contributed by atoms with E-state index in [9.17, 15) is 14.9 Å². The molecule has 2 aromatic carbocycles. The third-order valence-electron chi connectivity index (χ3n) is 5.29. The Labute approximate surface area is 165 Å². The van der Waals surface area contributed by atoms with E-state index in [-0.39, 0.29) is 17.6 Å². The molecule has 0 aliphatic carbocycles. The summed E-state index contributed by atoms with van der Waals surface area (Å²) in [5.74, 6) is -0.0362. The first-order valence-electron chi connectivity index (χ1n) is 9.54. The fourth-order valence-corrected chi connectivity index (χ4v) is 3.46. The maximum absolute atomic E-state index is 12.8. The fraction of sp³-hybridized carbons (Fsp3) is 0.381. The summed E-state index contributed by atoms with van der Waals surface area (Å²) in [6.07, 6.45) is 1.01. The SMILES string of the molecule is CCc1ccc(C2CNCCN2CC(=O)N(C)c2ccc([N+](=O)[O-])cc2)cc1. The number of non-ortho nitro benzene ring substituents is 1. The van der Waals surface area contributed by atoms with Gasteiger partial charge in [-0.3, -0.25) is 19.8 Å². The molecular formula is C21H26N4O3. The molecule has 1 saturated heterocycles. The molecule has 1 amide bonds. The van der Waals surface area contributed by atoms with Crippen molar-refractivity contribution in [3.05, 3.63) is 69.8 Å². The Morgan fingerprint density at radius 1 is 1.21 bits per heavy atom. The number of carbonyl (C=O) groups is 1. The first-order valence-corrected chi connectivity index (χ1v) is 9.54. The number of amides is 1. The molecule has 0 saturated carbocycles. The zero-order valence-electron chi connectivity index (χ0n) is 16.3. The number of benzene rings is 2. The third-order valence-corrected chi connectivity index (χ3v) is 5.29. The Balaban J connectivity index is 1.70. The molecule has 3 rings (SSSR count). The van der Waals surface area contributed by atoms with Crippen LogP contribution in [0, 0.1) is 10.1 Å². The molecule has 1 heterocycles. The number of piperazine rings is 1. The van der Waals surface area contributed by atoms with E-state index in [1.54, 1.807) is 24.1 Å². The van der Waals surface area contributed by atoms with E-state index in [1.807, 2.05) is 0 Å². The van der Waals surface area contributed by atoms with E-state index in [2.05, 4.69) is 41.4 Å². The first-order chi connectivity index (χ1) is 13.5. The van der Waals surface area contributed by atoms with Crippen LogP contribution in [0.25, 0.3) is 0 Å². The number of likely N-dealkylation sites (N-methyl/N-ethyl adjacent to an activating group) is 1. The van der Waals surface area contributed by atoms with E-state index >= 15 is 0 Å². The highest BCUT2D eigenvalue weighted by atomic mass is 16.6. The van der Waals surface area contributed by atoms with Crippen LogP contribution < -0.4 is 10.2 Å². The van der Waals surface area contributed by atoms with E-state index in [0.29, 0.717) is 12.2 Å². The number of nitrogens with zero attached hydrogens (tertiary/aromatic N) is 3. The number of rotatable bonds is 6. The number of nitrogens with one attached hydrogen (secondary N) is 1. The fourth-order valence-electron chi connectivity index (χ4n) is 3.46. The van der Waals surface area contributed by atoms with Crippen LogP contribution in [0.3, 0.4) is 0 Å². The van der Waals surface area contributed by atoms with E-state index < -0.39 is 4.92 Å². The van der Waals surface area contributed by atoms with E-state index in [1.165, 1.54) is 23.3 Å². The molecule has 1 unspecified atom stereocenters. The van der Waals surface area contributed by atoms with Crippen LogP contribution in [0.5, 0.6) is 0 Å². The van der Waals surface area contributed by atoms with Gasteiger partial charge in [0.05, 0.1) is 11.5 Å². The molecule has 1 atom stereocenters. The van der Waals surface area contributed by atoms with Gasteiger partial charge in [-0.1, -0.05) is 31.2 Å². The van der Waals surface area contributed by atoms with Gasteiger partial charge >= 0.3 is 0 Å². The standard InChI is InChI=1S/C21H26N4O3/c1-3-16-4-6-17(7-5-16)20-14-22-12-13-24(20)15-21(26)23(2)18-8-10-19(11-9-18)25(27)28/h4-11,20,22H,3,12-15H2,1-2H3. The van der Waals surface area contributed by atoms with Crippen molar-refractivity contribution in [3.8, 4) is 0 Å². The second-order valence-electron chi connectivity index (χ2n) is 7.01. The number of aryl methyl sites for hydroxylation is 1. The monoisotopic (exact) mass is 382 g/mol. The van der Waals surface area contributed by atoms with Gasteiger partial charge in [-0.25, -0.2) is 0 Å². The van der Waals surface area contributed by atoms with Crippen LogP contribution in [-0.4, -0.2) is 49.0 Å². The van der Waals surface area contributed by atoms with Crippen molar-refractivity contribution in [1.82, 2.24) is 10.2 Å². The first kappa shape index (κ1) is 20.0. The van der Waals surface area contributed by atoms with Crippen LogP contribution in [0.15, 0.2) is 48.5 Å². The smallest absolute Gasteiger partial charge is 0.269 e. The topological polar surface area (TPSA) is 78.7 Å². The maximum atomic E-state index is 12.8. The average molecular weight is 382 g/mol. The quantitative estimate of drug-likeness (QED) is 0.614. The predicted molar refractivity (Wildman–Crippen MR) is 110 cm³/mol. The minimum absolute atomic E-state index is 0.0160. The summed E-state index contributed by atoms with van der Waals surface area (Å²) in [6, 6.07) is 14.8. The molecule has 148 valence electrons. The minimum Gasteiger partial charge on any atom is -0.314 e. The molecule has 28 heavy (non-hydrogen) atoms. The van der Waals surface area contributed by atoms with Gasteiger partial charge in [-0.2, -0.15) is 0 Å². The number of hydrogen-bond acceptors (Lipinski definition) is 5. The lowest BCUT2D eigenvalue weighted by molar-refractivity contribution is -0.384. The van der Waals surface area contributed by atoms with E-state index in [4.69, 9.17) is 0 Å². The van der Waals surface area contributed by atoms with Crippen molar-refractivity contribution in [2.24, 2.45) is 0 Å². The average Bonchev–Trinajstić information content (AvgIpc) is 2.73. The Morgan fingerprint density at radius 2 is 1.89 bits per heavy atom. The summed E-state index contributed by atoms with van der Waals surface area (Å²) in [6.45, 7) is 4.88. The molecule has 7 heteroatoms. The molecule has 1 N–H and O–H groups in total. The molecule has 2 aromatic rings. The van der Waals surface area contributed by atoms with Crippen molar-refractivity contribution in [2.75, 3.05) is 38.1 Å². The predicted octanol–water partition coefficient (Wildman–Crippen LogP) is 2.77. The van der Waals surface area contributed by atoms with Gasteiger partial charge in [0.25, 0.3) is 5.69 Å². The molecule has 1 aliphatic rings. The third kappa shape index (κ3) is 4.55. The highest BCUT2D eigenvalue weighted by Crippen LogP contribution is 2.24. The van der Waals surface area contributed by atoms with Crippen LogP contribution in [-0.2, 0) is 11.2 Å². The zero-order valence-corrected chi connectivity index (χ0v) is 16.3. The van der Waals surface area contributed by atoms with Crippen molar-refractivity contribution in [2.45, 2.75) is 19.4 Å². The highest BCUT2D eigenvalue weighted by Gasteiger charge is 2.27. The van der Waals surface area contributed by atoms with Crippen LogP contribution in [0.4, 0.5) is 11.4 Å². The van der Waals surface area contributed by atoms with Gasteiger partial charge in [0.2, 0.25) is 5.91 Å². The van der Waals surface area contributed by atoms with Gasteiger partial charge in [0.15, 0.2) is 0 Å². The molecule has 0 radical (unpaired) electrons. The molecule has 0 spiro atoms. The number of nitro groups is 1. The zero-order chi connectivity index (χ0) is 20.1. The van der Waals surface area contributed by atoms with Gasteiger partial charge in [-0.15, -0.1) is 0 Å². The second-order valence-corrected chi connectivity index (χ2v) is 7.01. The molecule has 1 fully saturated rings. The Bertz CT molecular complexity index is 821. The molecule has 0 bridgehead atoms. The second kappa shape index (κ2) is 8.95. The van der Waals surface area contributed by atoms with Crippen LogP contribution in [0.1, 0.15) is 24.1 Å². The number of carbonyl (C=O) groups excluding carboxylic acids is 1. The Morgan fingerprint density at radius 3 is 2.50 bits per heavy atom. The number of hydrogen-bond donors (Lipinski definition) is 1. The lowest BCUT2D eigenvalue weighted by Gasteiger charge is -2.37. The minimum atomic E-state index is -0.444. The van der Waals surface area contributed by atoms with Crippen LogP contribution in [0.2, 0.25) is 0 Å². The molecule has 0 aromatic heterocycles. The summed E-state index contributed by atoms with van der Waals surface area (Å²) in [5, 5.41) is 14.2. The summed E-state index contributed by atoms with van der Waals surface area (Å²) in [7, 11) is 1.71. The van der Waals surface area contributed by atoms with Gasteiger partial charge in [0.1, 0.15) is 0 Å². The number of nitro benzene ring substituents is 1. The molecule has 7 nitrogen and oxygen atoms in total. The van der Waals surface area contributed by atoms with Gasteiger partial charge in [0, 0.05) is 50.5 Å².